The van der Waals surface area contributed by atoms with Crippen LogP contribution in [0.25, 0.3) is 0 Å². The largest absolute Gasteiger partial charge is 0.496 e. The van der Waals surface area contributed by atoms with E-state index < -0.39 is 33.7 Å². The van der Waals surface area contributed by atoms with E-state index >= 15 is 0 Å². The van der Waals surface area contributed by atoms with Crippen molar-refractivity contribution < 1.29 is 32.4 Å². The van der Waals surface area contributed by atoms with Gasteiger partial charge in [0.25, 0.3) is 5.69 Å². The van der Waals surface area contributed by atoms with E-state index in [1.54, 1.807) is 0 Å². The van der Waals surface area contributed by atoms with Crippen molar-refractivity contribution in [2.24, 2.45) is 0 Å². The summed E-state index contributed by atoms with van der Waals surface area (Å²) in [6.07, 6.45) is -4.88. The summed E-state index contributed by atoms with van der Waals surface area (Å²) in [6, 6.07) is 6.82. The highest BCUT2D eigenvalue weighted by Crippen LogP contribution is 2.40. The van der Waals surface area contributed by atoms with Gasteiger partial charge in [0, 0.05) is 11.3 Å². The third-order valence-electron chi connectivity index (χ3n) is 4.17. The van der Waals surface area contributed by atoms with Gasteiger partial charge in [0.15, 0.2) is 0 Å². The molecule has 8 nitrogen and oxygen atoms in total. The molecule has 0 unspecified atom stereocenters. The maximum absolute atomic E-state index is 12.8. The molecule has 2 aromatic rings. The minimum atomic E-state index is -4.55. The quantitative estimate of drug-likeness (QED) is 0.535. The Morgan fingerprint density at radius 3 is 2.67 bits per heavy atom. The molecule has 30 heavy (non-hydrogen) atoms. The van der Waals surface area contributed by atoms with E-state index in [4.69, 9.17) is 4.74 Å². The first-order valence-electron chi connectivity index (χ1n) is 8.39. The number of hydrogen-bond donors (Lipinski definition) is 2. The Balaban J connectivity index is 1.73. The molecule has 1 aliphatic heterocycles. The average Bonchev–Trinajstić information content (AvgIpc) is 2.67. The summed E-state index contributed by atoms with van der Waals surface area (Å²) in [5, 5.41) is 15.0. The molecule has 0 radical (unpaired) electrons. The molecule has 1 aliphatic rings. The number of carbonyl (C=O) groups excluding carboxylic acids is 2. The molecule has 1 heterocycles. The molecule has 1 atom stereocenters. The van der Waals surface area contributed by atoms with Crippen molar-refractivity contribution in [3.05, 3.63) is 52.1 Å². The SMILES string of the molecule is COc1ccc(NC(=O)C[C@H]2Sc3ccc(C(F)(F)F)cc3NC2=O)c([N+](=O)[O-])c1. The van der Waals surface area contributed by atoms with Gasteiger partial charge in [-0.05, 0) is 30.3 Å². The van der Waals surface area contributed by atoms with Gasteiger partial charge in [-0.15, -0.1) is 11.8 Å². The summed E-state index contributed by atoms with van der Waals surface area (Å²) in [5.74, 6) is -1.06. The van der Waals surface area contributed by atoms with Gasteiger partial charge in [-0.25, -0.2) is 0 Å². The molecular formula is C18H14F3N3O5S. The smallest absolute Gasteiger partial charge is 0.416 e. The van der Waals surface area contributed by atoms with Crippen molar-refractivity contribution >= 4 is 40.6 Å². The number of rotatable bonds is 5. The second-order valence-corrected chi connectivity index (χ2v) is 7.44. The number of nitro benzene ring substituents is 1. The summed E-state index contributed by atoms with van der Waals surface area (Å²) in [4.78, 5) is 35.5. The molecule has 0 saturated carbocycles. The highest BCUT2D eigenvalue weighted by Gasteiger charge is 2.34. The first kappa shape index (κ1) is 21.4. The standard InChI is InChI=1S/C18H14F3N3O5S/c1-29-10-3-4-11(13(7-10)24(27)28)22-16(25)8-15-17(26)23-12-6-9(18(19,20)21)2-5-14(12)30-15/h2-7,15H,8H2,1H3,(H,22,25)(H,23,26)/t15-/m1/s1. The minimum absolute atomic E-state index is 0.0160. The molecule has 2 N–H and O–H groups in total. The second-order valence-electron chi connectivity index (χ2n) is 6.20. The zero-order valence-electron chi connectivity index (χ0n) is 15.3. The number of nitro groups is 1. The Labute approximate surface area is 171 Å². The number of fused-ring (bicyclic) bond motifs is 1. The molecule has 2 aromatic carbocycles. The molecule has 0 saturated heterocycles. The van der Waals surface area contributed by atoms with E-state index in [-0.39, 0.29) is 29.2 Å². The number of alkyl halides is 3. The van der Waals surface area contributed by atoms with Crippen LogP contribution in [-0.4, -0.2) is 29.1 Å². The molecule has 158 valence electrons. The average molecular weight is 441 g/mol. The topological polar surface area (TPSA) is 111 Å². The number of thioether (sulfide) groups is 1. The molecule has 0 fully saturated rings. The number of nitrogens with zero attached hydrogens (tertiary/aromatic N) is 1. The number of halogens is 3. The van der Waals surface area contributed by atoms with Crippen LogP contribution in [0.15, 0.2) is 41.3 Å². The van der Waals surface area contributed by atoms with Crippen molar-refractivity contribution in [1.29, 1.82) is 0 Å². The summed E-state index contributed by atoms with van der Waals surface area (Å²) >= 11 is 0.946. The molecule has 3 rings (SSSR count). The first-order valence-corrected chi connectivity index (χ1v) is 9.27. The Morgan fingerprint density at radius 1 is 1.30 bits per heavy atom. The van der Waals surface area contributed by atoms with Crippen LogP contribution in [-0.2, 0) is 15.8 Å². The number of amides is 2. The molecule has 0 aliphatic carbocycles. The monoisotopic (exact) mass is 441 g/mol. The Kier molecular flexibility index (Phi) is 5.87. The summed E-state index contributed by atoms with van der Waals surface area (Å²) in [5.41, 5.74) is -1.33. The number of methoxy groups -OCH3 is 1. The van der Waals surface area contributed by atoms with E-state index in [1.807, 2.05) is 0 Å². The fourth-order valence-electron chi connectivity index (χ4n) is 2.73. The number of anilines is 2. The molecule has 0 spiro atoms. The van der Waals surface area contributed by atoms with Crippen LogP contribution in [0.3, 0.4) is 0 Å². The van der Waals surface area contributed by atoms with Gasteiger partial charge in [-0.3, -0.25) is 19.7 Å². The van der Waals surface area contributed by atoms with Crippen molar-refractivity contribution in [1.82, 2.24) is 0 Å². The third kappa shape index (κ3) is 4.64. The van der Waals surface area contributed by atoms with Crippen molar-refractivity contribution in [3.8, 4) is 5.75 Å². The van der Waals surface area contributed by atoms with Gasteiger partial charge in [-0.2, -0.15) is 13.2 Å². The van der Waals surface area contributed by atoms with Gasteiger partial charge >= 0.3 is 6.18 Å². The maximum atomic E-state index is 12.8. The molecule has 2 amide bonds. The van der Waals surface area contributed by atoms with Crippen LogP contribution in [0, 0.1) is 10.1 Å². The lowest BCUT2D eigenvalue weighted by Crippen LogP contribution is -2.32. The van der Waals surface area contributed by atoms with Crippen molar-refractivity contribution in [2.45, 2.75) is 22.7 Å². The lowest BCUT2D eigenvalue weighted by Gasteiger charge is -2.24. The number of hydrogen-bond acceptors (Lipinski definition) is 6. The van der Waals surface area contributed by atoms with Crippen molar-refractivity contribution in [3.63, 3.8) is 0 Å². The van der Waals surface area contributed by atoms with Gasteiger partial charge in [0.05, 0.1) is 34.6 Å². The Morgan fingerprint density at radius 2 is 2.03 bits per heavy atom. The van der Waals surface area contributed by atoms with Gasteiger partial charge in [0.2, 0.25) is 11.8 Å². The maximum Gasteiger partial charge on any atom is 0.416 e. The zero-order chi connectivity index (χ0) is 22.1. The van der Waals surface area contributed by atoms with Crippen LogP contribution in [0.4, 0.5) is 30.2 Å². The molecule has 0 aromatic heterocycles. The lowest BCUT2D eigenvalue weighted by molar-refractivity contribution is -0.384. The third-order valence-corrected chi connectivity index (χ3v) is 5.45. The van der Waals surface area contributed by atoms with Gasteiger partial charge in [-0.1, -0.05) is 0 Å². The van der Waals surface area contributed by atoms with Crippen LogP contribution in [0.1, 0.15) is 12.0 Å². The number of ether oxygens (including phenoxy) is 1. The van der Waals surface area contributed by atoms with E-state index in [0.717, 1.165) is 30.0 Å². The lowest BCUT2D eigenvalue weighted by atomic mass is 10.1. The normalized spacial score (nSPS) is 15.7. The number of carbonyl (C=O) groups is 2. The number of nitrogens with one attached hydrogen (secondary N) is 2. The summed E-state index contributed by atoms with van der Waals surface area (Å²) in [7, 11) is 1.34. The first-order chi connectivity index (χ1) is 14.1. The van der Waals surface area contributed by atoms with Gasteiger partial charge < -0.3 is 15.4 Å². The van der Waals surface area contributed by atoms with Crippen LogP contribution < -0.4 is 15.4 Å². The van der Waals surface area contributed by atoms with E-state index in [0.29, 0.717) is 4.90 Å². The van der Waals surface area contributed by atoms with E-state index in [1.165, 1.54) is 25.3 Å². The zero-order valence-corrected chi connectivity index (χ0v) is 16.1. The van der Waals surface area contributed by atoms with Crippen LogP contribution >= 0.6 is 11.8 Å². The van der Waals surface area contributed by atoms with Crippen molar-refractivity contribution in [2.75, 3.05) is 17.7 Å². The summed E-state index contributed by atoms with van der Waals surface area (Å²) < 4.78 is 43.4. The highest BCUT2D eigenvalue weighted by atomic mass is 32.2. The number of benzene rings is 2. The minimum Gasteiger partial charge on any atom is -0.496 e. The molecular weight excluding hydrogens is 427 g/mol. The van der Waals surface area contributed by atoms with Crippen LogP contribution in [0.5, 0.6) is 5.75 Å². The van der Waals surface area contributed by atoms with E-state index in [9.17, 15) is 32.9 Å². The second kappa shape index (κ2) is 8.22. The predicted molar refractivity (Wildman–Crippen MR) is 103 cm³/mol. The van der Waals surface area contributed by atoms with Crippen LogP contribution in [0.2, 0.25) is 0 Å². The Hall–Kier alpha value is -3.28. The fourth-order valence-corrected chi connectivity index (χ4v) is 3.82. The summed E-state index contributed by atoms with van der Waals surface area (Å²) in [6.45, 7) is 0. The van der Waals surface area contributed by atoms with E-state index in [2.05, 4.69) is 10.6 Å². The fraction of sp³-hybridized carbons (Fsp3) is 0.222. The molecule has 0 bridgehead atoms. The highest BCUT2D eigenvalue weighted by molar-refractivity contribution is 8.01. The molecule has 12 heteroatoms. The van der Waals surface area contributed by atoms with Gasteiger partial charge in [0.1, 0.15) is 11.4 Å². The Bertz CT molecular complexity index is 1030. The predicted octanol–water partition coefficient (Wildman–Crippen LogP) is 4.06.